The van der Waals surface area contributed by atoms with Gasteiger partial charge in [0.1, 0.15) is 0 Å². The van der Waals surface area contributed by atoms with Crippen LogP contribution in [0.1, 0.15) is 51.0 Å². The SMILES string of the molecule is CCNC(=NCCCc1cnn(C)c1)NCCC1=CCCCC1. The second-order valence-electron chi connectivity index (χ2n) is 6.17. The molecule has 1 aromatic heterocycles. The minimum absolute atomic E-state index is 0.840. The quantitative estimate of drug-likeness (QED) is 0.335. The maximum absolute atomic E-state index is 4.67. The Bertz CT molecular complexity index is 515. The predicted molar refractivity (Wildman–Crippen MR) is 96.7 cm³/mol. The van der Waals surface area contributed by atoms with E-state index in [9.17, 15) is 0 Å². The van der Waals surface area contributed by atoms with Crippen molar-refractivity contribution in [3.8, 4) is 0 Å². The molecule has 1 heterocycles. The molecule has 0 unspecified atom stereocenters. The van der Waals surface area contributed by atoms with Crippen LogP contribution < -0.4 is 10.6 Å². The molecule has 1 aliphatic carbocycles. The molecule has 0 radical (unpaired) electrons. The number of hydrogen-bond donors (Lipinski definition) is 2. The Hall–Kier alpha value is -1.78. The van der Waals surface area contributed by atoms with Gasteiger partial charge in [-0.1, -0.05) is 11.6 Å². The number of nitrogens with zero attached hydrogens (tertiary/aromatic N) is 3. The molecule has 0 aliphatic heterocycles. The molecule has 2 rings (SSSR count). The van der Waals surface area contributed by atoms with Crippen molar-refractivity contribution in [1.29, 1.82) is 0 Å². The first kappa shape index (κ1) is 17.6. The molecular formula is C18H31N5. The van der Waals surface area contributed by atoms with Crippen LogP contribution in [-0.2, 0) is 13.5 Å². The molecule has 0 saturated carbocycles. The fourth-order valence-electron chi connectivity index (χ4n) is 2.89. The monoisotopic (exact) mass is 317 g/mol. The Kier molecular flexibility index (Phi) is 7.70. The molecular weight excluding hydrogens is 286 g/mol. The van der Waals surface area contributed by atoms with Crippen LogP contribution in [-0.4, -0.2) is 35.4 Å². The summed E-state index contributed by atoms with van der Waals surface area (Å²) in [6.07, 6.45) is 14.9. The van der Waals surface area contributed by atoms with Crippen molar-refractivity contribution in [3.05, 3.63) is 29.6 Å². The molecule has 2 N–H and O–H groups in total. The summed E-state index contributed by atoms with van der Waals surface area (Å²) in [5.41, 5.74) is 2.89. The standard InChI is InChI=1S/C18H31N5/c1-3-19-18(21-13-11-16-8-5-4-6-9-16)20-12-7-10-17-14-22-23(2)15-17/h8,14-15H,3-7,9-13H2,1-2H3,(H2,19,20,21). The Morgan fingerprint density at radius 1 is 1.30 bits per heavy atom. The van der Waals surface area contributed by atoms with Crippen molar-refractivity contribution >= 4 is 5.96 Å². The van der Waals surface area contributed by atoms with Crippen LogP contribution in [0.5, 0.6) is 0 Å². The highest BCUT2D eigenvalue weighted by Crippen LogP contribution is 2.19. The average Bonchev–Trinajstić information content (AvgIpc) is 2.98. The van der Waals surface area contributed by atoms with Crippen LogP contribution in [0.3, 0.4) is 0 Å². The lowest BCUT2D eigenvalue weighted by Gasteiger charge is -2.15. The first-order chi connectivity index (χ1) is 11.3. The molecule has 5 nitrogen and oxygen atoms in total. The molecule has 0 atom stereocenters. The van der Waals surface area contributed by atoms with Gasteiger partial charge < -0.3 is 10.6 Å². The van der Waals surface area contributed by atoms with E-state index in [0.717, 1.165) is 44.9 Å². The summed E-state index contributed by atoms with van der Waals surface area (Å²) in [6.45, 7) is 4.82. The second kappa shape index (κ2) is 10.1. The molecule has 0 saturated heterocycles. The molecule has 1 aliphatic rings. The molecule has 0 spiro atoms. The van der Waals surface area contributed by atoms with E-state index >= 15 is 0 Å². The van der Waals surface area contributed by atoms with Crippen LogP contribution in [0.15, 0.2) is 29.0 Å². The molecule has 5 heteroatoms. The lowest BCUT2D eigenvalue weighted by molar-refractivity contribution is 0.665. The third kappa shape index (κ3) is 6.89. The van der Waals surface area contributed by atoms with Crippen molar-refractivity contribution in [2.24, 2.45) is 12.0 Å². The second-order valence-corrected chi connectivity index (χ2v) is 6.17. The minimum atomic E-state index is 0.840. The summed E-state index contributed by atoms with van der Waals surface area (Å²) in [4.78, 5) is 4.67. The van der Waals surface area contributed by atoms with E-state index in [2.05, 4.69) is 39.9 Å². The van der Waals surface area contributed by atoms with Gasteiger partial charge in [0.05, 0.1) is 6.20 Å². The van der Waals surface area contributed by atoms with Crippen LogP contribution in [0.4, 0.5) is 0 Å². The zero-order valence-corrected chi connectivity index (χ0v) is 14.6. The molecule has 1 aromatic rings. The van der Waals surface area contributed by atoms with Crippen molar-refractivity contribution in [2.45, 2.75) is 51.9 Å². The number of guanidine groups is 1. The summed E-state index contributed by atoms with van der Waals surface area (Å²) < 4.78 is 1.85. The van der Waals surface area contributed by atoms with E-state index in [1.807, 2.05) is 17.9 Å². The number of aliphatic imine (C=N–C) groups is 1. The third-order valence-corrected chi connectivity index (χ3v) is 4.12. The van der Waals surface area contributed by atoms with Gasteiger partial charge in [0.25, 0.3) is 0 Å². The van der Waals surface area contributed by atoms with Crippen molar-refractivity contribution in [1.82, 2.24) is 20.4 Å². The summed E-state index contributed by atoms with van der Waals surface area (Å²) >= 11 is 0. The van der Waals surface area contributed by atoms with Gasteiger partial charge in [0, 0.05) is 32.9 Å². The number of hydrogen-bond acceptors (Lipinski definition) is 2. The van der Waals surface area contributed by atoms with Gasteiger partial charge in [-0.25, -0.2) is 0 Å². The average molecular weight is 317 g/mol. The fourth-order valence-corrected chi connectivity index (χ4v) is 2.89. The van der Waals surface area contributed by atoms with E-state index < -0.39 is 0 Å². The lowest BCUT2D eigenvalue weighted by Crippen LogP contribution is -2.38. The summed E-state index contributed by atoms with van der Waals surface area (Å²) in [5, 5.41) is 11.0. The topological polar surface area (TPSA) is 54.2 Å². The Morgan fingerprint density at radius 3 is 2.91 bits per heavy atom. The molecule has 0 fully saturated rings. The predicted octanol–water partition coefficient (Wildman–Crippen LogP) is 2.80. The van der Waals surface area contributed by atoms with Gasteiger partial charge in [-0.05, 0) is 57.4 Å². The van der Waals surface area contributed by atoms with Gasteiger partial charge in [-0.3, -0.25) is 9.67 Å². The van der Waals surface area contributed by atoms with Crippen molar-refractivity contribution in [2.75, 3.05) is 19.6 Å². The van der Waals surface area contributed by atoms with Crippen molar-refractivity contribution < 1.29 is 0 Å². The van der Waals surface area contributed by atoms with Gasteiger partial charge in [-0.15, -0.1) is 0 Å². The Labute approximate surface area is 140 Å². The minimum Gasteiger partial charge on any atom is -0.357 e. The normalized spacial score (nSPS) is 15.4. The molecule has 23 heavy (non-hydrogen) atoms. The first-order valence-electron chi connectivity index (χ1n) is 8.95. The number of rotatable bonds is 8. The van der Waals surface area contributed by atoms with Crippen LogP contribution >= 0.6 is 0 Å². The van der Waals surface area contributed by atoms with E-state index in [0.29, 0.717) is 0 Å². The van der Waals surface area contributed by atoms with Crippen LogP contribution in [0.2, 0.25) is 0 Å². The van der Waals surface area contributed by atoms with Gasteiger partial charge in [0.15, 0.2) is 5.96 Å². The maximum Gasteiger partial charge on any atom is 0.191 e. The highest BCUT2D eigenvalue weighted by Gasteiger charge is 2.04. The first-order valence-corrected chi connectivity index (χ1v) is 8.95. The summed E-state index contributed by atoms with van der Waals surface area (Å²) in [6, 6.07) is 0. The van der Waals surface area contributed by atoms with Gasteiger partial charge in [0.2, 0.25) is 0 Å². The van der Waals surface area contributed by atoms with E-state index in [1.54, 1.807) is 5.57 Å². The number of aryl methyl sites for hydroxylation is 2. The Balaban J connectivity index is 1.67. The fraction of sp³-hybridized carbons (Fsp3) is 0.667. The largest absolute Gasteiger partial charge is 0.357 e. The van der Waals surface area contributed by atoms with E-state index in [4.69, 9.17) is 0 Å². The zero-order valence-electron chi connectivity index (χ0n) is 14.6. The van der Waals surface area contributed by atoms with E-state index in [1.165, 1.54) is 31.2 Å². The summed E-state index contributed by atoms with van der Waals surface area (Å²) in [5.74, 6) is 0.940. The summed E-state index contributed by atoms with van der Waals surface area (Å²) in [7, 11) is 1.95. The smallest absolute Gasteiger partial charge is 0.191 e. The van der Waals surface area contributed by atoms with Gasteiger partial charge in [-0.2, -0.15) is 5.10 Å². The highest BCUT2D eigenvalue weighted by atomic mass is 15.2. The maximum atomic E-state index is 4.67. The number of nitrogens with one attached hydrogen (secondary N) is 2. The Morgan fingerprint density at radius 2 is 2.22 bits per heavy atom. The molecule has 0 bridgehead atoms. The molecule has 128 valence electrons. The van der Waals surface area contributed by atoms with Crippen LogP contribution in [0.25, 0.3) is 0 Å². The lowest BCUT2D eigenvalue weighted by atomic mass is 9.97. The van der Waals surface area contributed by atoms with Crippen molar-refractivity contribution in [3.63, 3.8) is 0 Å². The number of allylic oxidation sites excluding steroid dienone is 1. The van der Waals surface area contributed by atoms with E-state index in [-0.39, 0.29) is 0 Å². The third-order valence-electron chi connectivity index (χ3n) is 4.12. The molecule has 0 amide bonds. The van der Waals surface area contributed by atoms with Crippen LogP contribution in [0, 0.1) is 0 Å². The van der Waals surface area contributed by atoms with Gasteiger partial charge >= 0.3 is 0 Å². The highest BCUT2D eigenvalue weighted by molar-refractivity contribution is 5.79. The number of aromatic nitrogens is 2. The molecule has 0 aromatic carbocycles. The zero-order chi connectivity index (χ0) is 16.3.